The molecule has 0 aliphatic carbocycles. The molecule has 0 unspecified atom stereocenters. The van der Waals surface area contributed by atoms with Crippen LogP contribution in [0.1, 0.15) is 26.3 Å². The molecule has 94 valence electrons. The molecule has 1 aromatic rings. The third-order valence-electron chi connectivity index (χ3n) is 1.88. The molecule has 0 atom stereocenters. The molecule has 0 aliphatic heterocycles. The molecule has 0 radical (unpaired) electrons. The standard InChI is InChI=1S/C12H17BrN2O2/c1-12(2,3)15-14-7-8-5-9(13)11(16)10(6-8)17-4/h5-7,15-16H,1-4H3. The predicted molar refractivity (Wildman–Crippen MR) is 72.8 cm³/mol. The van der Waals surface area contributed by atoms with Gasteiger partial charge in [-0.3, -0.25) is 0 Å². The maximum atomic E-state index is 9.64. The van der Waals surface area contributed by atoms with Crippen molar-refractivity contribution in [3.8, 4) is 11.5 Å². The van der Waals surface area contributed by atoms with Gasteiger partial charge in [0, 0.05) is 5.54 Å². The van der Waals surface area contributed by atoms with Crippen LogP contribution in [0.3, 0.4) is 0 Å². The number of phenols is 1. The van der Waals surface area contributed by atoms with E-state index in [1.54, 1.807) is 18.3 Å². The van der Waals surface area contributed by atoms with Crippen molar-refractivity contribution in [2.24, 2.45) is 5.10 Å². The zero-order chi connectivity index (χ0) is 13.1. The number of methoxy groups -OCH3 is 1. The van der Waals surface area contributed by atoms with Crippen molar-refractivity contribution in [2.45, 2.75) is 26.3 Å². The van der Waals surface area contributed by atoms with Crippen molar-refractivity contribution in [1.82, 2.24) is 5.43 Å². The van der Waals surface area contributed by atoms with Gasteiger partial charge < -0.3 is 15.3 Å². The molecule has 17 heavy (non-hydrogen) atoms. The van der Waals surface area contributed by atoms with E-state index in [1.165, 1.54) is 7.11 Å². The van der Waals surface area contributed by atoms with Crippen molar-refractivity contribution in [2.75, 3.05) is 7.11 Å². The van der Waals surface area contributed by atoms with E-state index in [2.05, 4.69) is 26.5 Å². The second-order valence-corrected chi connectivity index (χ2v) is 5.53. The summed E-state index contributed by atoms with van der Waals surface area (Å²) in [5.41, 5.74) is 3.75. The largest absolute Gasteiger partial charge is 0.503 e. The average molecular weight is 301 g/mol. The van der Waals surface area contributed by atoms with Crippen LogP contribution in [0.5, 0.6) is 11.5 Å². The zero-order valence-electron chi connectivity index (χ0n) is 10.4. The number of phenolic OH excluding ortho intramolecular Hbond substituents is 1. The van der Waals surface area contributed by atoms with Gasteiger partial charge in [-0.2, -0.15) is 5.10 Å². The second-order valence-electron chi connectivity index (χ2n) is 4.67. The lowest BCUT2D eigenvalue weighted by Crippen LogP contribution is -2.31. The molecular weight excluding hydrogens is 284 g/mol. The molecule has 0 fully saturated rings. The summed E-state index contributed by atoms with van der Waals surface area (Å²) in [7, 11) is 1.51. The minimum Gasteiger partial charge on any atom is -0.503 e. The molecule has 2 N–H and O–H groups in total. The molecular formula is C12H17BrN2O2. The van der Waals surface area contributed by atoms with Crippen molar-refractivity contribution in [1.29, 1.82) is 0 Å². The summed E-state index contributed by atoms with van der Waals surface area (Å²) < 4.78 is 5.63. The Morgan fingerprint density at radius 1 is 1.41 bits per heavy atom. The van der Waals surface area contributed by atoms with Crippen LogP contribution in [0.25, 0.3) is 0 Å². The van der Waals surface area contributed by atoms with E-state index >= 15 is 0 Å². The van der Waals surface area contributed by atoms with Gasteiger partial charge in [-0.1, -0.05) is 0 Å². The first-order chi connectivity index (χ1) is 7.83. The second kappa shape index (κ2) is 5.40. The first-order valence-corrected chi connectivity index (χ1v) is 5.99. The molecule has 0 spiro atoms. The predicted octanol–water partition coefficient (Wildman–Crippen LogP) is 2.89. The van der Waals surface area contributed by atoms with Crippen LogP contribution in [-0.4, -0.2) is 24.0 Å². The molecule has 4 nitrogen and oxygen atoms in total. The molecule has 0 aliphatic rings. The van der Waals surface area contributed by atoms with E-state index in [0.717, 1.165) is 5.56 Å². The number of benzene rings is 1. The SMILES string of the molecule is COc1cc(C=NNC(C)(C)C)cc(Br)c1O. The summed E-state index contributed by atoms with van der Waals surface area (Å²) in [6.45, 7) is 6.08. The molecule has 1 aromatic carbocycles. The van der Waals surface area contributed by atoms with E-state index in [0.29, 0.717) is 10.2 Å². The quantitative estimate of drug-likeness (QED) is 0.667. The summed E-state index contributed by atoms with van der Waals surface area (Å²) in [6.07, 6.45) is 1.68. The molecule has 0 heterocycles. The van der Waals surface area contributed by atoms with E-state index in [9.17, 15) is 5.11 Å². The van der Waals surface area contributed by atoms with Crippen LogP contribution in [-0.2, 0) is 0 Å². The first kappa shape index (κ1) is 13.8. The Morgan fingerprint density at radius 2 is 2.06 bits per heavy atom. The maximum absolute atomic E-state index is 9.64. The highest BCUT2D eigenvalue weighted by Crippen LogP contribution is 2.34. The first-order valence-electron chi connectivity index (χ1n) is 5.20. The van der Waals surface area contributed by atoms with Gasteiger partial charge in [-0.05, 0) is 54.4 Å². The Balaban J connectivity index is 2.89. The van der Waals surface area contributed by atoms with Gasteiger partial charge in [0.15, 0.2) is 11.5 Å². The van der Waals surface area contributed by atoms with E-state index in [4.69, 9.17) is 4.74 Å². The summed E-state index contributed by atoms with van der Waals surface area (Å²) in [5.74, 6) is 0.505. The van der Waals surface area contributed by atoms with Gasteiger partial charge in [0.05, 0.1) is 17.8 Å². The minimum absolute atomic E-state index is 0.0747. The molecule has 0 bridgehead atoms. The molecule has 0 saturated carbocycles. The summed E-state index contributed by atoms with van der Waals surface area (Å²) >= 11 is 3.26. The normalized spacial score (nSPS) is 11.8. The van der Waals surface area contributed by atoms with Gasteiger partial charge in [0.1, 0.15) is 0 Å². The van der Waals surface area contributed by atoms with Crippen LogP contribution in [0, 0.1) is 0 Å². The summed E-state index contributed by atoms with van der Waals surface area (Å²) in [6, 6.07) is 3.49. The Hall–Kier alpha value is -1.23. The Morgan fingerprint density at radius 3 is 2.59 bits per heavy atom. The Bertz CT molecular complexity index is 425. The maximum Gasteiger partial charge on any atom is 0.172 e. The molecule has 1 rings (SSSR count). The highest BCUT2D eigenvalue weighted by Gasteiger charge is 2.08. The summed E-state index contributed by atoms with van der Waals surface area (Å²) in [4.78, 5) is 0. The highest BCUT2D eigenvalue weighted by atomic mass is 79.9. The molecule has 5 heteroatoms. The topological polar surface area (TPSA) is 53.8 Å². The van der Waals surface area contributed by atoms with Crippen LogP contribution >= 0.6 is 15.9 Å². The minimum atomic E-state index is -0.0747. The Kier molecular flexibility index (Phi) is 4.40. The van der Waals surface area contributed by atoms with E-state index in [-0.39, 0.29) is 11.3 Å². The fraction of sp³-hybridized carbons (Fsp3) is 0.417. The third-order valence-corrected chi connectivity index (χ3v) is 2.49. The van der Waals surface area contributed by atoms with Gasteiger partial charge in [-0.15, -0.1) is 0 Å². The van der Waals surface area contributed by atoms with Gasteiger partial charge in [0.25, 0.3) is 0 Å². The number of ether oxygens (including phenoxy) is 1. The van der Waals surface area contributed by atoms with Crippen LogP contribution in [0.4, 0.5) is 0 Å². The van der Waals surface area contributed by atoms with Crippen molar-refractivity contribution in [3.05, 3.63) is 22.2 Å². The Labute approximate surface area is 110 Å². The lowest BCUT2D eigenvalue weighted by atomic mass is 10.1. The fourth-order valence-corrected chi connectivity index (χ4v) is 1.58. The molecule has 0 amide bonds. The van der Waals surface area contributed by atoms with Crippen LogP contribution in [0.2, 0.25) is 0 Å². The average Bonchev–Trinajstić information content (AvgIpc) is 2.21. The van der Waals surface area contributed by atoms with Gasteiger partial charge in [-0.25, -0.2) is 0 Å². The number of hydrogen-bond donors (Lipinski definition) is 2. The van der Waals surface area contributed by atoms with Crippen molar-refractivity contribution >= 4 is 22.1 Å². The number of hydrogen-bond acceptors (Lipinski definition) is 4. The van der Waals surface area contributed by atoms with E-state index in [1.807, 2.05) is 20.8 Å². The number of aromatic hydroxyl groups is 1. The van der Waals surface area contributed by atoms with Gasteiger partial charge >= 0.3 is 0 Å². The highest BCUT2D eigenvalue weighted by molar-refractivity contribution is 9.10. The monoisotopic (exact) mass is 300 g/mol. The van der Waals surface area contributed by atoms with Crippen molar-refractivity contribution in [3.63, 3.8) is 0 Å². The summed E-state index contributed by atoms with van der Waals surface area (Å²) in [5, 5.41) is 13.8. The molecule has 0 aromatic heterocycles. The van der Waals surface area contributed by atoms with Gasteiger partial charge in [0.2, 0.25) is 0 Å². The number of nitrogens with zero attached hydrogens (tertiary/aromatic N) is 1. The van der Waals surface area contributed by atoms with E-state index < -0.39 is 0 Å². The number of nitrogens with one attached hydrogen (secondary N) is 1. The lowest BCUT2D eigenvalue weighted by molar-refractivity contribution is 0.372. The van der Waals surface area contributed by atoms with Crippen molar-refractivity contribution < 1.29 is 9.84 Å². The number of hydrazone groups is 1. The third kappa shape index (κ3) is 4.26. The zero-order valence-corrected chi connectivity index (χ0v) is 12.0. The number of halogens is 1. The molecule has 0 saturated heterocycles. The number of rotatable bonds is 3. The lowest BCUT2D eigenvalue weighted by Gasteiger charge is -2.17. The van der Waals surface area contributed by atoms with Crippen LogP contribution in [0.15, 0.2) is 21.7 Å². The van der Waals surface area contributed by atoms with Crippen LogP contribution < -0.4 is 10.2 Å². The smallest absolute Gasteiger partial charge is 0.172 e. The fourth-order valence-electron chi connectivity index (χ4n) is 1.12.